The third kappa shape index (κ3) is 2.54. The Bertz CT molecular complexity index is 779. The number of imidazole rings is 1. The highest BCUT2D eigenvalue weighted by Crippen LogP contribution is 2.29. The quantitative estimate of drug-likeness (QED) is 0.594. The Morgan fingerprint density at radius 1 is 1.35 bits per heavy atom. The fraction of sp³-hybridized carbons (Fsp3) is 0.0833. The van der Waals surface area contributed by atoms with E-state index in [0.29, 0.717) is 10.9 Å². The van der Waals surface area contributed by atoms with Crippen LogP contribution in [0, 0.1) is 5.82 Å². The fourth-order valence-corrected chi connectivity index (χ4v) is 2.59. The molecule has 0 saturated carbocycles. The average Bonchev–Trinajstić information content (AvgIpc) is 2.84. The van der Waals surface area contributed by atoms with Crippen molar-refractivity contribution in [3.63, 3.8) is 0 Å². The molecule has 1 aromatic carbocycles. The molecule has 0 spiro atoms. The number of hydrogen-bond acceptors (Lipinski definition) is 5. The zero-order valence-corrected chi connectivity index (χ0v) is 11.8. The highest BCUT2D eigenvalue weighted by atomic mass is 35.5. The second-order valence-corrected chi connectivity index (χ2v) is 5.13. The van der Waals surface area contributed by atoms with Gasteiger partial charge in [0.25, 0.3) is 0 Å². The van der Waals surface area contributed by atoms with Crippen molar-refractivity contribution in [2.45, 2.75) is 10.2 Å². The van der Waals surface area contributed by atoms with Gasteiger partial charge in [-0.3, -0.25) is 0 Å². The molecule has 0 unspecified atom stereocenters. The second-order valence-electron chi connectivity index (χ2n) is 3.82. The summed E-state index contributed by atoms with van der Waals surface area (Å²) in [6.07, 6.45) is 1.03. The molecule has 0 saturated heterocycles. The van der Waals surface area contributed by atoms with Gasteiger partial charge in [-0.2, -0.15) is 0 Å². The Hall–Kier alpha value is -1.86. The van der Waals surface area contributed by atoms with Gasteiger partial charge in [0, 0.05) is 6.07 Å². The van der Waals surface area contributed by atoms with Gasteiger partial charge >= 0.3 is 0 Å². The first-order valence-electron chi connectivity index (χ1n) is 5.55. The van der Waals surface area contributed by atoms with Crippen LogP contribution in [0.5, 0.6) is 5.75 Å². The number of nitrogens with zero attached hydrogens (tertiary/aromatic N) is 3. The van der Waals surface area contributed by atoms with Crippen molar-refractivity contribution in [2.24, 2.45) is 0 Å². The van der Waals surface area contributed by atoms with Gasteiger partial charge in [-0.25, -0.2) is 19.3 Å². The average molecular weight is 311 g/mol. The minimum absolute atomic E-state index is 0.00770. The molecule has 1 N–H and O–H groups in total. The predicted octanol–water partition coefficient (Wildman–Crippen LogP) is 3.31. The molecule has 0 radical (unpaired) electrons. The van der Waals surface area contributed by atoms with E-state index in [1.54, 1.807) is 13.2 Å². The number of H-pyrrole nitrogens is 1. The Balaban J connectivity index is 1.96. The van der Waals surface area contributed by atoms with Crippen molar-refractivity contribution >= 4 is 34.4 Å². The second kappa shape index (κ2) is 5.26. The van der Waals surface area contributed by atoms with Gasteiger partial charge in [0.2, 0.25) is 5.28 Å². The van der Waals surface area contributed by atoms with Crippen LogP contribution < -0.4 is 4.74 Å². The predicted molar refractivity (Wildman–Crippen MR) is 73.8 cm³/mol. The Morgan fingerprint density at radius 2 is 2.20 bits per heavy atom. The molecule has 5 nitrogen and oxygen atoms in total. The lowest BCUT2D eigenvalue weighted by atomic mass is 10.3. The monoisotopic (exact) mass is 310 g/mol. The molecular formula is C12H8ClFN4OS. The summed E-state index contributed by atoms with van der Waals surface area (Å²) in [6.45, 7) is 0. The van der Waals surface area contributed by atoms with Crippen molar-refractivity contribution in [1.29, 1.82) is 0 Å². The van der Waals surface area contributed by atoms with E-state index in [2.05, 4.69) is 19.9 Å². The summed E-state index contributed by atoms with van der Waals surface area (Å²) in [4.78, 5) is 14.8. The molecule has 0 aliphatic rings. The van der Waals surface area contributed by atoms with Gasteiger partial charge in [0.1, 0.15) is 10.8 Å². The normalized spacial score (nSPS) is 10.9. The van der Waals surface area contributed by atoms with E-state index in [9.17, 15) is 4.39 Å². The van der Waals surface area contributed by atoms with Gasteiger partial charge in [0.05, 0.1) is 24.3 Å². The summed E-state index contributed by atoms with van der Waals surface area (Å²) in [5, 5.41) is 0.629. The molecule has 3 rings (SSSR count). The van der Waals surface area contributed by atoms with Crippen LogP contribution in [0.2, 0.25) is 5.28 Å². The number of benzene rings is 1. The molecule has 0 fully saturated rings. The maximum atomic E-state index is 13.6. The van der Waals surface area contributed by atoms with Crippen molar-refractivity contribution in [3.8, 4) is 5.75 Å². The maximum Gasteiger partial charge on any atom is 0.223 e. The molecule has 2 aromatic heterocycles. The van der Waals surface area contributed by atoms with Gasteiger partial charge in [0.15, 0.2) is 11.0 Å². The van der Waals surface area contributed by atoms with Crippen LogP contribution in [0.3, 0.4) is 0 Å². The third-order valence-electron chi connectivity index (χ3n) is 2.54. The zero-order chi connectivity index (χ0) is 14.1. The third-order valence-corrected chi connectivity index (χ3v) is 3.59. The first-order valence-corrected chi connectivity index (χ1v) is 6.75. The SMILES string of the molecule is COc1ccc2nc(Sc3nc(Cl)ncc3F)[nH]c2c1. The van der Waals surface area contributed by atoms with Crippen molar-refractivity contribution in [3.05, 3.63) is 35.5 Å². The molecule has 102 valence electrons. The van der Waals surface area contributed by atoms with Gasteiger partial charge < -0.3 is 9.72 Å². The number of nitrogens with one attached hydrogen (secondary N) is 1. The van der Waals surface area contributed by atoms with E-state index in [4.69, 9.17) is 16.3 Å². The van der Waals surface area contributed by atoms with E-state index >= 15 is 0 Å². The van der Waals surface area contributed by atoms with Gasteiger partial charge in [-0.15, -0.1) is 0 Å². The van der Waals surface area contributed by atoms with Crippen molar-refractivity contribution in [1.82, 2.24) is 19.9 Å². The number of ether oxygens (including phenoxy) is 1. The van der Waals surface area contributed by atoms with Crippen LogP contribution in [-0.4, -0.2) is 27.0 Å². The minimum Gasteiger partial charge on any atom is -0.497 e. The maximum absolute atomic E-state index is 13.6. The lowest BCUT2D eigenvalue weighted by Crippen LogP contribution is -1.90. The molecule has 0 amide bonds. The molecule has 2 heterocycles. The number of fused-ring (bicyclic) bond motifs is 1. The minimum atomic E-state index is -0.544. The van der Waals surface area contributed by atoms with Crippen LogP contribution in [0.25, 0.3) is 11.0 Å². The highest BCUT2D eigenvalue weighted by molar-refractivity contribution is 7.99. The van der Waals surface area contributed by atoms with Crippen LogP contribution in [0.15, 0.2) is 34.6 Å². The fourth-order valence-electron chi connectivity index (χ4n) is 1.63. The zero-order valence-electron chi connectivity index (χ0n) is 10.2. The van der Waals surface area contributed by atoms with Gasteiger partial charge in [-0.05, 0) is 35.5 Å². The molecule has 20 heavy (non-hydrogen) atoms. The highest BCUT2D eigenvalue weighted by Gasteiger charge is 2.11. The molecule has 3 aromatic rings. The van der Waals surface area contributed by atoms with E-state index in [-0.39, 0.29) is 10.3 Å². The molecule has 0 atom stereocenters. The van der Waals surface area contributed by atoms with Crippen LogP contribution in [0.1, 0.15) is 0 Å². The molecule has 8 heteroatoms. The van der Waals surface area contributed by atoms with E-state index in [1.165, 1.54) is 0 Å². The number of methoxy groups -OCH3 is 1. The van der Waals surface area contributed by atoms with Crippen LogP contribution in [-0.2, 0) is 0 Å². The Morgan fingerprint density at radius 3 is 3.00 bits per heavy atom. The van der Waals surface area contributed by atoms with Crippen LogP contribution in [0.4, 0.5) is 4.39 Å². The number of rotatable bonds is 3. The molecule has 0 aliphatic carbocycles. The Labute approximate surface area is 122 Å². The summed E-state index contributed by atoms with van der Waals surface area (Å²) in [5.74, 6) is 0.173. The summed E-state index contributed by atoms with van der Waals surface area (Å²) in [6, 6.07) is 5.44. The van der Waals surface area contributed by atoms with E-state index in [1.807, 2.05) is 12.1 Å². The van der Waals surface area contributed by atoms with E-state index in [0.717, 1.165) is 29.0 Å². The molecular weight excluding hydrogens is 303 g/mol. The number of aromatic nitrogens is 4. The Kier molecular flexibility index (Phi) is 3.45. The van der Waals surface area contributed by atoms with E-state index < -0.39 is 5.82 Å². The first kappa shape index (κ1) is 13.1. The van der Waals surface area contributed by atoms with Crippen LogP contribution >= 0.6 is 23.4 Å². The number of aromatic amines is 1. The molecule has 0 bridgehead atoms. The van der Waals surface area contributed by atoms with Crippen molar-refractivity contribution < 1.29 is 9.13 Å². The van der Waals surface area contributed by atoms with Crippen molar-refractivity contribution in [2.75, 3.05) is 7.11 Å². The lowest BCUT2D eigenvalue weighted by Gasteiger charge is -1.98. The number of halogens is 2. The molecule has 0 aliphatic heterocycles. The van der Waals surface area contributed by atoms with Gasteiger partial charge in [-0.1, -0.05) is 0 Å². The summed E-state index contributed by atoms with van der Waals surface area (Å²) in [5.41, 5.74) is 1.56. The summed E-state index contributed by atoms with van der Waals surface area (Å²) >= 11 is 6.70. The smallest absolute Gasteiger partial charge is 0.223 e. The lowest BCUT2D eigenvalue weighted by molar-refractivity contribution is 0.415. The largest absolute Gasteiger partial charge is 0.497 e. The number of hydrogen-bond donors (Lipinski definition) is 1. The summed E-state index contributed by atoms with van der Waals surface area (Å²) < 4.78 is 18.7. The topological polar surface area (TPSA) is 63.7 Å². The first-order chi connectivity index (χ1) is 9.65. The standard InChI is InChI=1S/C12H8ClFN4OS/c1-19-6-2-3-8-9(4-6)17-12(16-8)20-10-7(14)5-15-11(13)18-10/h2-5H,1H3,(H,16,17). The summed E-state index contributed by atoms with van der Waals surface area (Å²) in [7, 11) is 1.59.